The van der Waals surface area contributed by atoms with Crippen LogP contribution < -0.4 is 11.5 Å². The number of nitrogens with two attached hydrogens (primary N) is 2. The molecule has 2 aromatic carbocycles. The van der Waals surface area contributed by atoms with Crippen LogP contribution in [-0.4, -0.2) is 28.0 Å². The summed E-state index contributed by atoms with van der Waals surface area (Å²) in [6, 6.07) is 13.3. The van der Waals surface area contributed by atoms with Crippen molar-refractivity contribution < 1.29 is 9.59 Å². The topological polar surface area (TPSA) is 94.3 Å². The summed E-state index contributed by atoms with van der Waals surface area (Å²) < 4.78 is 2.23. The number of benzene rings is 2. The van der Waals surface area contributed by atoms with Crippen LogP contribution in [0.2, 0.25) is 0 Å². The maximum atomic E-state index is 12.6. The fourth-order valence-electron chi connectivity index (χ4n) is 4.41. The number of nitrogens with zero attached hydrogens (tertiary/aromatic N) is 2. The first-order chi connectivity index (χ1) is 12.9. The lowest BCUT2D eigenvalue weighted by molar-refractivity contribution is -0.127. The van der Waals surface area contributed by atoms with Gasteiger partial charge in [-0.1, -0.05) is 36.4 Å². The van der Waals surface area contributed by atoms with Crippen LogP contribution in [0.15, 0.2) is 54.6 Å². The number of carbonyl (C=O) groups is 2. The predicted octanol–water partition coefficient (Wildman–Crippen LogP) is 2.84. The zero-order valence-electron chi connectivity index (χ0n) is 15.2. The van der Waals surface area contributed by atoms with E-state index < -0.39 is 17.5 Å². The van der Waals surface area contributed by atoms with E-state index in [0.717, 1.165) is 33.9 Å². The summed E-state index contributed by atoms with van der Waals surface area (Å²) in [7, 11) is 0. The number of aromatic nitrogens is 1. The van der Waals surface area contributed by atoms with Crippen molar-refractivity contribution in [2.75, 3.05) is 6.54 Å². The number of para-hydroxylation sites is 1. The Balaban J connectivity index is 2.03. The van der Waals surface area contributed by atoms with Gasteiger partial charge < -0.3 is 20.9 Å². The van der Waals surface area contributed by atoms with Gasteiger partial charge >= 0.3 is 6.03 Å². The van der Waals surface area contributed by atoms with Crippen LogP contribution in [0, 0.1) is 0 Å². The quantitative estimate of drug-likeness (QED) is 0.701. The summed E-state index contributed by atoms with van der Waals surface area (Å²) in [4.78, 5) is 26.0. The van der Waals surface area contributed by atoms with Crippen LogP contribution in [0.4, 0.5) is 4.79 Å². The zero-order chi connectivity index (χ0) is 19.3. The molecule has 1 unspecified atom stereocenters. The van der Waals surface area contributed by atoms with Gasteiger partial charge in [0.25, 0.3) is 0 Å². The summed E-state index contributed by atoms with van der Waals surface area (Å²) in [5.41, 5.74) is 13.7. The van der Waals surface area contributed by atoms with Crippen LogP contribution in [0.3, 0.4) is 0 Å². The van der Waals surface area contributed by atoms with E-state index >= 15 is 0 Å². The molecule has 138 valence electrons. The third-order valence-electron chi connectivity index (χ3n) is 5.59. The highest BCUT2D eigenvalue weighted by atomic mass is 16.2. The van der Waals surface area contributed by atoms with Gasteiger partial charge in [-0.2, -0.15) is 0 Å². The molecule has 0 saturated carbocycles. The zero-order valence-corrected chi connectivity index (χ0v) is 15.2. The Morgan fingerprint density at radius 2 is 1.81 bits per heavy atom. The van der Waals surface area contributed by atoms with E-state index in [9.17, 15) is 9.59 Å². The van der Waals surface area contributed by atoms with Crippen molar-refractivity contribution in [3.05, 3.63) is 60.2 Å². The normalized spacial score (nSPS) is 19.9. The number of likely N-dealkylation sites (tertiary alicyclic amines) is 1. The molecule has 0 bridgehead atoms. The number of primary amides is 2. The first-order valence-corrected chi connectivity index (χ1v) is 8.95. The van der Waals surface area contributed by atoms with Crippen molar-refractivity contribution in [2.45, 2.75) is 25.4 Å². The van der Waals surface area contributed by atoms with Gasteiger partial charge in [0.2, 0.25) is 5.91 Å². The Hall–Kier alpha value is -3.28. The smallest absolute Gasteiger partial charge is 0.316 e. The molecule has 3 aromatic rings. The number of rotatable bonds is 3. The summed E-state index contributed by atoms with van der Waals surface area (Å²) >= 11 is 0. The number of hydrogen-bond donors (Lipinski definition) is 2. The maximum absolute atomic E-state index is 12.6. The molecular weight excluding hydrogens is 340 g/mol. The van der Waals surface area contributed by atoms with Gasteiger partial charge in [0, 0.05) is 41.3 Å². The Kier molecular flexibility index (Phi) is 3.73. The first-order valence-electron chi connectivity index (χ1n) is 8.95. The van der Waals surface area contributed by atoms with Crippen LogP contribution in [-0.2, 0) is 16.9 Å². The third-order valence-corrected chi connectivity index (χ3v) is 5.59. The average Bonchev–Trinajstić information content (AvgIpc) is 3.17. The van der Waals surface area contributed by atoms with E-state index in [2.05, 4.69) is 30.2 Å². The summed E-state index contributed by atoms with van der Waals surface area (Å²) in [6.07, 6.45) is 0.281. The van der Waals surface area contributed by atoms with Gasteiger partial charge in [0.15, 0.2) is 5.54 Å². The molecule has 4 rings (SSSR count). The Labute approximate surface area is 157 Å². The molecule has 0 radical (unpaired) electrons. The lowest BCUT2D eigenvalue weighted by Gasteiger charge is -2.34. The van der Waals surface area contributed by atoms with Gasteiger partial charge in [0.1, 0.15) is 0 Å². The van der Waals surface area contributed by atoms with Gasteiger partial charge in [0.05, 0.1) is 0 Å². The molecule has 1 aliphatic rings. The standard InChI is InChI=1S/C21H22N4O2/c1-3-24-17-7-5-4-6-15(17)16-10-14(8-9-18(16)24)21(19(22)26)11-13(2)12-25(21)20(23)27/h4-10H,2-3,11-12H2,1H3,(H2,22,26)(H2,23,27). The molecule has 2 heterocycles. The highest BCUT2D eigenvalue weighted by Crippen LogP contribution is 2.42. The first kappa shape index (κ1) is 17.1. The van der Waals surface area contributed by atoms with E-state index in [1.54, 1.807) is 0 Å². The van der Waals surface area contributed by atoms with Crippen molar-refractivity contribution in [3.63, 3.8) is 0 Å². The van der Waals surface area contributed by atoms with Crippen molar-refractivity contribution in [1.29, 1.82) is 0 Å². The minimum absolute atomic E-state index is 0.229. The summed E-state index contributed by atoms with van der Waals surface area (Å²) in [5.74, 6) is -0.599. The molecule has 6 heteroatoms. The summed E-state index contributed by atoms with van der Waals surface area (Å²) in [5, 5.41) is 2.12. The second-order valence-electron chi connectivity index (χ2n) is 7.07. The highest BCUT2D eigenvalue weighted by molar-refractivity contribution is 6.08. The molecule has 27 heavy (non-hydrogen) atoms. The van der Waals surface area contributed by atoms with Crippen molar-refractivity contribution in [2.24, 2.45) is 11.5 Å². The highest BCUT2D eigenvalue weighted by Gasteiger charge is 2.51. The van der Waals surface area contributed by atoms with Gasteiger partial charge in [-0.25, -0.2) is 4.79 Å². The monoisotopic (exact) mass is 362 g/mol. The number of hydrogen-bond acceptors (Lipinski definition) is 2. The lowest BCUT2D eigenvalue weighted by atomic mass is 9.85. The molecule has 0 spiro atoms. The van der Waals surface area contributed by atoms with Crippen molar-refractivity contribution >= 4 is 33.7 Å². The van der Waals surface area contributed by atoms with Crippen LogP contribution in [0.25, 0.3) is 21.8 Å². The van der Waals surface area contributed by atoms with E-state index in [-0.39, 0.29) is 13.0 Å². The molecule has 6 nitrogen and oxygen atoms in total. The van der Waals surface area contributed by atoms with Crippen molar-refractivity contribution in [3.8, 4) is 0 Å². The Bertz CT molecular complexity index is 1110. The van der Waals surface area contributed by atoms with Gasteiger partial charge in [-0.15, -0.1) is 0 Å². The van der Waals surface area contributed by atoms with E-state index in [1.807, 2.05) is 30.3 Å². The molecule has 1 aliphatic heterocycles. The Morgan fingerprint density at radius 3 is 2.48 bits per heavy atom. The SMILES string of the molecule is C=C1CN(C(N)=O)C(C(N)=O)(c2ccc3c(c2)c2ccccc2n3CC)C1. The fourth-order valence-corrected chi connectivity index (χ4v) is 4.41. The average molecular weight is 362 g/mol. The molecule has 4 N–H and O–H groups in total. The van der Waals surface area contributed by atoms with E-state index in [1.165, 1.54) is 4.90 Å². The number of amides is 3. The molecule has 3 amide bonds. The van der Waals surface area contributed by atoms with E-state index in [0.29, 0.717) is 5.56 Å². The molecule has 1 saturated heterocycles. The van der Waals surface area contributed by atoms with Gasteiger partial charge in [-0.05, 0) is 30.7 Å². The minimum atomic E-state index is -1.30. The molecule has 1 atom stereocenters. The van der Waals surface area contributed by atoms with Crippen LogP contribution in [0.5, 0.6) is 0 Å². The maximum Gasteiger partial charge on any atom is 0.316 e. The number of aryl methyl sites for hydroxylation is 1. The van der Waals surface area contributed by atoms with Crippen LogP contribution >= 0.6 is 0 Å². The largest absolute Gasteiger partial charge is 0.367 e. The second kappa shape index (κ2) is 5.87. The van der Waals surface area contributed by atoms with Gasteiger partial charge in [-0.3, -0.25) is 4.79 Å². The Morgan fingerprint density at radius 1 is 1.11 bits per heavy atom. The van der Waals surface area contributed by atoms with Crippen LogP contribution in [0.1, 0.15) is 18.9 Å². The number of fused-ring (bicyclic) bond motifs is 3. The van der Waals surface area contributed by atoms with E-state index in [4.69, 9.17) is 11.5 Å². The minimum Gasteiger partial charge on any atom is -0.367 e. The molecule has 1 fully saturated rings. The molecule has 1 aromatic heterocycles. The lowest BCUT2D eigenvalue weighted by Crippen LogP contribution is -2.55. The third kappa shape index (κ3) is 2.26. The second-order valence-corrected chi connectivity index (χ2v) is 7.07. The number of urea groups is 1. The number of carbonyl (C=O) groups excluding carboxylic acids is 2. The fraction of sp³-hybridized carbons (Fsp3) is 0.238. The molecule has 0 aliphatic carbocycles. The summed E-state index contributed by atoms with van der Waals surface area (Å²) in [6.45, 7) is 7.11. The molecular formula is C21H22N4O2. The van der Waals surface area contributed by atoms with Crippen molar-refractivity contribution in [1.82, 2.24) is 9.47 Å². The predicted molar refractivity (Wildman–Crippen MR) is 106 cm³/mol.